The van der Waals surface area contributed by atoms with Gasteiger partial charge in [0.1, 0.15) is 6.04 Å². The molecule has 7 heteroatoms. The third-order valence-corrected chi connectivity index (χ3v) is 5.19. The van der Waals surface area contributed by atoms with Gasteiger partial charge in [-0.15, -0.1) is 0 Å². The minimum Gasteiger partial charge on any atom is -0.375 e. The highest BCUT2D eigenvalue weighted by Crippen LogP contribution is 2.41. The summed E-state index contributed by atoms with van der Waals surface area (Å²) in [6.45, 7) is 3.45. The van der Waals surface area contributed by atoms with Gasteiger partial charge in [-0.1, -0.05) is 18.2 Å². The number of benzene rings is 1. The quantitative estimate of drug-likeness (QED) is 0.861. The van der Waals surface area contributed by atoms with Crippen molar-refractivity contribution in [2.75, 3.05) is 26.2 Å². The van der Waals surface area contributed by atoms with Crippen molar-refractivity contribution in [2.45, 2.75) is 38.0 Å². The molecule has 7 nitrogen and oxygen atoms in total. The van der Waals surface area contributed by atoms with E-state index in [1.54, 1.807) is 15.9 Å². The number of amides is 3. The molecular formula is C19H23N3O4. The molecule has 138 valence electrons. The second kappa shape index (κ2) is 6.72. The van der Waals surface area contributed by atoms with E-state index in [2.05, 4.69) is 5.32 Å². The van der Waals surface area contributed by atoms with Crippen LogP contribution in [0.15, 0.2) is 24.3 Å². The first kappa shape index (κ1) is 17.0. The molecule has 2 heterocycles. The second-order valence-corrected chi connectivity index (χ2v) is 7.17. The Morgan fingerprint density at radius 2 is 2.04 bits per heavy atom. The topological polar surface area (TPSA) is 79.0 Å². The summed E-state index contributed by atoms with van der Waals surface area (Å²) in [5, 5.41) is 2.75. The van der Waals surface area contributed by atoms with Gasteiger partial charge in [-0.3, -0.25) is 14.4 Å². The first-order valence-electron chi connectivity index (χ1n) is 9.15. The first-order valence-corrected chi connectivity index (χ1v) is 9.15. The largest absolute Gasteiger partial charge is 0.375 e. The third-order valence-electron chi connectivity index (χ3n) is 5.19. The molecule has 1 aliphatic carbocycles. The van der Waals surface area contributed by atoms with Gasteiger partial charge in [0.25, 0.3) is 5.91 Å². The van der Waals surface area contributed by atoms with Gasteiger partial charge in [-0.2, -0.15) is 0 Å². The highest BCUT2D eigenvalue weighted by molar-refractivity contribution is 6.05. The Bertz CT molecular complexity index is 746. The lowest BCUT2D eigenvalue weighted by Gasteiger charge is -2.31. The number of carbonyl (C=O) groups is 3. The molecule has 1 aromatic rings. The molecule has 0 bridgehead atoms. The summed E-state index contributed by atoms with van der Waals surface area (Å²) >= 11 is 0. The van der Waals surface area contributed by atoms with Gasteiger partial charge >= 0.3 is 0 Å². The number of hydrogen-bond acceptors (Lipinski definition) is 4. The van der Waals surface area contributed by atoms with Gasteiger partial charge in [0.2, 0.25) is 11.8 Å². The van der Waals surface area contributed by atoms with Gasteiger partial charge in [-0.05, 0) is 31.4 Å². The maximum Gasteiger partial charge on any atom is 0.255 e. The van der Waals surface area contributed by atoms with E-state index in [4.69, 9.17) is 4.74 Å². The van der Waals surface area contributed by atoms with Crippen LogP contribution in [0.1, 0.15) is 41.7 Å². The number of fused-ring (bicyclic) bond motifs is 1. The highest BCUT2D eigenvalue weighted by atomic mass is 16.5. The molecule has 2 atom stereocenters. The molecule has 0 aromatic heterocycles. The van der Waals surface area contributed by atoms with E-state index in [0.29, 0.717) is 25.3 Å². The van der Waals surface area contributed by atoms with Crippen molar-refractivity contribution in [3.8, 4) is 0 Å². The lowest BCUT2D eigenvalue weighted by atomic mass is 10.0. The van der Waals surface area contributed by atoms with Crippen LogP contribution in [0, 0.1) is 0 Å². The van der Waals surface area contributed by atoms with Crippen molar-refractivity contribution in [3.05, 3.63) is 35.4 Å². The summed E-state index contributed by atoms with van der Waals surface area (Å²) in [7, 11) is 0. The summed E-state index contributed by atoms with van der Waals surface area (Å²) in [4.78, 5) is 41.3. The Morgan fingerprint density at radius 3 is 2.77 bits per heavy atom. The molecule has 2 fully saturated rings. The number of nitrogens with one attached hydrogen (secondary N) is 1. The van der Waals surface area contributed by atoms with Crippen molar-refractivity contribution < 1.29 is 19.1 Å². The fourth-order valence-corrected chi connectivity index (χ4v) is 3.75. The molecule has 2 unspecified atom stereocenters. The zero-order valence-electron chi connectivity index (χ0n) is 14.8. The van der Waals surface area contributed by atoms with Crippen LogP contribution in [0.2, 0.25) is 0 Å². The highest BCUT2D eigenvalue weighted by Gasteiger charge is 2.47. The average molecular weight is 357 g/mol. The summed E-state index contributed by atoms with van der Waals surface area (Å²) in [5.41, 5.74) is 1.32. The molecule has 26 heavy (non-hydrogen) atoms. The Kier molecular flexibility index (Phi) is 4.40. The molecule has 0 radical (unpaired) electrons. The van der Waals surface area contributed by atoms with Crippen LogP contribution in [0.3, 0.4) is 0 Å². The van der Waals surface area contributed by atoms with Gasteiger partial charge < -0.3 is 19.9 Å². The summed E-state index contributed by atoms with van der Waals surface area (Å²) in [5.74, 6) is -0.495. The van der Waals surface area contributed by atoms with Crippen LogP contribution in [0.4, 0.5) is 0 Å². The molecule has 3 aliphatic rings. The van der Waals surface area contributed by atoms with E-state index in [1.165, 1.54) is 0 Å². The monoisotopic (exact) mass is 357 g/mol. The number of ether oxygens (including phenoxy) is 1. The molecule has 0 spiro atoms. The molecule has 4 rings (SSSR count). The minimum atomic E-state index is -0.636. The van der Waals surface area contributed by atoms with Gasteiger partial charge in [0, 0.05) is 24.7 Å². The van der Waals surface area contributed by atoms with Crippen molar-refractivity contribution >= 4 is 17.7 Å². The minimum absolute atomic E-state index is 0.00749. The SMILES string of the molecule is CC1CN(C(=O)CNC(=O)C2c3ccccc3C(=O)N2C2CC2)CCO1. The number of hydrogen-bond donors (Lipinski definition) is 1. The Balaban J connectivity index is 1.45. The maximum absolute atomic E-state index is 12.8. The van der Waals surface area contributed by atoms with Crippen molar-refractivity contribution in [2.24, 2.45) is 0 Å². The third kappa shape index (κ3) is 3.07. The van der Waals surface area contributed by atoms with Crippen LogP contribution >= 0.6 is 0 Å². The second-order valence-electron chi connectivity index (χ2n) is 7.17. The molecule has 2 aliphatic heterocycles. The van der Waals surface area contributed by atoms with Crippen LogP contribution in [-0.2, 0) is 14.3 Å². The number of nitrogens with zero attached hydrogens (tertiary/aromatic N) is 2. The van der Waals surface area contributed by atoms with Crippen LogP contribution in [-0.4, -0.2) is 65.9 Å². The molecule has 3 amide bonds. The Morgan fingerprint density at radius 1 is 1.27 bits per heavy atom. The van der Waals surface area contributed by atoms with E-state index in [1.807, 2.05) is 25.1 Å². The first-order chi connectivity index (χ1) is 12.6. The van der Waals surface area contributed by atoms with E-state index >= 15 is 0 Å². The number of rotatable bonds is 4. The zero-order valence-corrected chi connectivity index (χ0v) is 14.8. The van der Waals surface area contributed by atoms with Gasteiger partial charge in [0.05, 0.1) is 19.3 Å². The lowest BCUT2D eigenvalue weighted by Crippen LogP contribution is -2.49. The average Bonchev–Trinajstić information content (AvgIpc) is 3.44. The predicted octanol–water partition coefficient (Wildman–Crippen LogP) is 0.709. The van der Waals surface area contributed by atoms with Crippen molar-refractivity contribution in [3.63, 3.8) is 0 Å². The Hall–Kier alpha value is -2.41. The van der Waals surface area contributed by atoms with Crippen molar-refractivity contribution in [1.82, 2.24) is 15.1 Å². The molecule has 1 saturated heterocycles. The summed E-state index contributed by atoms with van der Waals surface area (Å²) in [6, 6.07) is 6.73. The van der Waals surface area contributed by atoms with Crippen molar-refractivity contribution in [1.29, 1.82) is 0 Å². The smallest absolute Gasteiger partial charge is 0.255 e. The van der Waals surface area contributed by atoms with Gasteiger partial charge in [-0.25, -0.2) is 0 Å². The normalized spacial score (nSPS) is 25.2. The standard InChI is InChI=1S/C19H23N3O4/c1-12-11-21(8-9-26-12)16(23)10-20-18(24)17-14-4-2-3-5-15(14)19(25)22(17)13-6-7-13/h2-5,12-13,17H,6-11H2,1H3,(H,20,24). The molecule has 1 aromatic carbocycles. The van der Waals surface area contributed by atoms with E-state index in [0.717, 1.165) is 18.4 Å². The van der Waals surface area contributed by atoms with Crippen LogP contribution in [0.5, 0.6) is 0 Å². The molecule has 1 saturated carbocycles. The van der Waals surface area contributed by atoms with E-state index in [-0.39, 0.29) is 36.4 Å². The van der Waals surface area contributed by atoms with E-state index in [9.17, 15) is 14.4 Å². The zero-order chi connectivity index (χ0) is 18.3. The fourth-order valence-electron chi connectivity index (χ4n) is 3.75. The Labute approximate surface area is 152 Å². The predicted molar refractivity (Wildman–Crippen MR) is 93.4 cm³/mol. The molecule has 1 N–H and O–H groups in total. The maximum atomic E-state index is 12.8. The number of morpholine rings is 1. The number of carbonyl (C=O) groups excluding carboxylic acids is 3. The van der Waals surface area contributed by atoms with E-state index < -0.39 is 6.04 Å². The molecular weight excluding hydrogens is 334 g/mol. The summed E-state index contributed by atoms with van der Waals surface area (Å²) in [6.07, 6.45) is 1.86. The van der Waals surface area contributed by atoms with Gasteiger partial charge in [0.15, 0.2) is 0 Å². The summed E-state index contributed by atoms with van der Waals surface area (Å²) < 4.78 is 5.44. The van der Waals surface area contributed by atoms with Crippen LogP contribution in [0.25, 0.3) is 0 Å². The lowest BCUT2D eigenvalue weighted by molar-refractivity contribution is -0.139. The van der Waals surface area contributed by atoms with Crippen LogP contribution < -0.4 is 5.32 Å². The fraction of sp³-hybridized carbons (Fsp3) is 0.526.